The van der Waals surface area contributed by atoms with Crippen LogP contribution in [0.15, 0.2) is 16.7 Å². The second kappa shape index (κ2) is 10.2. The molecule has 0 N–H and O–H groups in total. The van der Waals surface area contributed by atoms with Crippen LogP contribution in [0, 0.1) is 5.92 Å². The number of aromatic nitrogens is 2. The van der Waals surface area contributed by atoms with Crippen molar-refractivity contribution in [3.05, 3.63) is 29.4 Å². The molecule has 2 aliphatic rings. The van der Waals surface area contributed by atoms with Gasteiger partial charge in [0.2, 0.25) is 11.6 Å². The molecule has 8 nitrogen and oxygen atoms in total. The molecular formula is C24H33N3O5. The summed E-state index contributed by atoms with van der Waals surface area (Å²) in [7, 11) is 0. The van der Waals surface area contributed by atoms with Crippen LogP contribution in [0.1, 0.15) is 74.4 Å². The third kappa shape index (κ3) is 5.16. The zero-order valence-electron chi connectivity index (χ0n) is 19.3. The Hall–Kier alpha value is -2.77. The number of likely N-dealkylation sites (tertiary alicyclic amines) is 1. The number of hydrogen-bond acceptors (Lipinski definition) is 7. The van der Waals surface area contributed by atoms with Crippen molar-refractivity contribution in [2.75, 3.05) is 32.9 Å². The molecule has 32 heavy (non-hydrogen) atoms. The molecule has 1 aliphatic carbocycles. The lowest BCUT2D eigenvalue weighted by Crippen LogP contribution is -2.40. The summed E-state index contributed by atoms with van der Waals surface area (Å²) in [6.07, 6.45) is 5.01. The first kappa shape index (κ1) is 22.4. The molecule has 1 saturated carbocycles. The second-order valence-corrected chi connectivity index (χ2v) is 8.38. The molecule has 1 aliphatic heterocycles. The van der Waals surface area contributed by atoms with E-state index in [0.29, 0.717) is 73.3 Å². The van der Waals surface area contributed by atoms with Gasteiger partial charge in [0.15, 0.2) is 17.3 Å². The van der Waals surface area contributed by atoms with Crippen molar-refractivity contribution in [2.24, 2.45) is 5.92 Å². The molecule has 8 heteroatoms. The number of amides is 1. The average Bonchev–Trinajstić information content (AvgIpc) is 3.55. The maximum atomic E-state index is 13.4. The quantitative estimate of drug-likeness (QED) is 0.543. The Morgan fingerprint density at radius 2 is 1.75 bits per heavy atom. The fourth-order valence-corrected chi connectivity index (χ4v) is 4.22. The number of ether oxygens (including phenoxy) is 3. The van der Waals surface area contributed by atoms with Crippen molar-refractivity contribution in [1.29, 1.82) is 0 Å². The van der Waals surface area contributed by atoms with E-state index in [1.54, 1.807) is 12.1 Å². The highest BCUT2D eigenvalue weighted by Crippen LogP contribution is 2.40. The van der Waals surface area contributed by atoms with Gasteiger partial charge >= 0.3 is 0 Å². The van der Waals surface area contributed by atoms with Crippen molar-refractivity contribution in [3.63, 3.8) is 0 Å². The van der Waals surface area contributed by atoms with Gasteiger partial charge in [-0.25, -0.2) is 0 Å². The van der Waals surface area contributed by atoms with Gasteiger partial charge in [0, 0.05) is 31.0 Å². The van der Waals surface area contributed by atoms with Crippen LogP contribution in [-0.4, -0.2) is 53.9 Å². The van der Waals surface area contributed by atoms with Crippen molar-refractivity contribution in [2.45, 2.75) is 58.8 Å². The molecule has 2 aromatic rings. The summed E-state index contributed by atoms with van der Waals surface area (Å²) in [6.45, 7) is 8.56. The molecule has 2 fully saturated rings. The van der Waals surface area contributed by atoms with Gasteiger partial charge in [-0.1, -0.05) is 5.16 Å². The van der Waals surface area contributed by atoms with Gasteiger partial charge in [-0.2, -0.15) is 4.98 Å². The standard InChI is InChI=1S/C24H33N3O5/c1-4-29-19-13-18(14-20(30-5-2)22(19)31-6-3)24(28)27-11-7-8-16(15-27)12-21-25-23(26-32-21)17-9-10-17/h13-14,16-17H,4-12,15H2,1-3H3. The van der Waals surface area contributed by atoms with E-state index in [1.165, 1.54) is 0 Å². The lowest BCUT2D eigenvalue weighted by molar-refractivity contribution is 0.0667. The van der Waals surface area contributed by atoms with Gasteiger partial charge < -0.3 is 23.6 Å². The zero-order chi connectivity index (χ0) is 22.5. The first-order valence-electron chi connectivity index (χ1n) is 11.8. The van der Waals surface area contributed by atoms with Crippen LogP contribution in [0.5, 0.6) is 17.2 Å². The molecule has 1 unspecified atom stereocenters. The number of piperidine rings is 1. The predicted molar refractivity (Wildman–Crippen MR) is 119 cm³/mol. The van der Waals surface area contributed by atoms with Gasteiger partial charge in [-0.15, -0.1) is 0 Å². The van der Waals surface area contributed by atoms with Gasteiger partial charge in [-0.3, -0.25) is 4.79 Å². The minimum atomic E-state index is -0.0242. The number of hydrogen-bond donors (Lipinski definition) is 0. The van der Waals surface area contributed by atoms with Crippen molar-refractivity contribution in [3.8, 4) is 17.2 Å². The number of carbonyl (C=O) groups is 1. The molecule has 0 bridgehead atoms. The number of nitrogens with zero attached hydrogens (tertiary/aromatic N) is 3. The number of rotatable bonds is 10. The fraction of sp³-hybridized carbons (Fsp3) is 0.625. The Kier molecular flexibility index (Phi) is 7.17. The first-order valence-corrected chi connectivity index (χ1v) is 11.8. The molecule has 1 aromatic heterocycles. The van der Waals surface area contributed by atoms with Crippen LogP contribution < -0.4 is 14.2 Å². The monoisotopic (exact) mass is 443 g/mol. The largest absolute Gasteiger partial charge is 0.490 e. The van der Waals surface area contributed by atoms with Crippen LogP contribution in [0.4, 0.5) is 0 Å². The number of benzene rings is 1. The summed E-state index contributed by atoms with van der Waals surface area (Å²) in [6, 6.07) is 3.53. The minimum Gasteiger partial charge on any atom is -0.490 e. The molecule has 0 radical (unpaired) electrons. The van der Waals surface area contributed by atoms with E-state index in [-0.39, 0.29) is 5.91 Å². The molecule has 1 saturated heterocycles. The topological polar surface area (TPSA) is 86.9 Å². The lowest BCUT2D eigenvalue weighted by atomic mass is 9.94. The SMILES string of the molecule is CCOc1cc(C(=O)N2CCCC(Cc3nc(C4CC4)no3)C2)cc(OCC)c1OCC. The average molecular weight is 444 g/mol. The van der Waals surface area contributed by atoms with E-state index in [4.69, 9.17) is 18.7 Å². The van der Waals surface area contributed by atoms with Crippen molar-refractivity contribution in [1.82, 2.24) is 15.0 Å². The summed E-state index contributed by atoms with van der Waals surface area (Å²) >= 11 is 0. The maximum absolute atomic E-state index is 13.4. The summed E-state index contributed by atoms with van der Waals surface area (Å²) in [5.41, 5.74) is 0.551. The zero-order valence-corrected chi connectivity index (χ0v) is 19.3. The Morgan fingerprint density at radius 1 is 1.06 bits per heavy atom. The molecule has 1 atom stereocenters. The Labute approximate surface area is 189 Å². The molecule has 4 rings (SSSR count). The van der Waals surface area contributed by atoms with Crippen LogP contribution >= 0.6 is 0 Å². The maximum Gasteiger partial charge on any atom is 0.254 e. The minimum absolute atomic E-state index is 0.0242. The summed E-state index contributed by atoms with van der Waals surface area (Å²) in [5.74, 6) is 3.91. The van der Waals surface area contributed by atoms with Crippen molar-refractivity contribution < 1.29 is 23.5 Å². The van der Waals surface area contributed by atoms with E-state index < -0.39 is 0 Å². The molecular weight excluding hydrogens is 410 g/mol. The Morgan fingerprint density at radius 3 is 2.38 bits per heavy atom. The van der Waals surface area contributed by atoms with Gasteiger partial charge in [0.1, 0.15) is 0 Å². The Bertz CT molecular complexity index is 897. The molecule has 174 valence electrons. The van der Waals surface area contributed by atoms with Gasteiger partial charge in [-0.05, 0) is 64.5 Å². The molecule has 0 spiro atoms. The number of carbonyl (C=O) groups excluding carboxylic acids is 1. The highest BCUT2D eigenvalue weighted by molar-refractivity contribution is 5.95. The molecule has 1 amide bonds. The van der Waals surface area contributed by atoms with Crippen LogP contribution in [0.2, 0.25) is 0 Å². The lowest BCUT2D eigenvalue weighted by Gasteiger charge is -2.32. The van der Waals surface area contributed by atoms with Gasteiger partial charge in [0.25, 0.3) is 5.91 Å². The fourth-order valence-electron chi connectivity index (χ4n) is 4.22. The van der Waals surface area contributed by atoms with Crippen LogP contribution in [0.3, 0.4) is 0 Å². The van der Waals surface area contributed by atoms with E-state index in [1.807, 2.05) is 25.7 Å². The normalized spacial score (nSPS) is 18.5. The Balaban J connectivity index is 1.49. The highest BCUT2D eigenvalue weighted by Gasteiger charge is 2.31. The third-order valence-electron chi connectivity index (χ3n) is 5.85. The third-order valence-corrected chi connectivity index (χ3v) is 5.85. The van der Waals surface area contributed by atoms with E-state index in [2.05, 4.69) is 10.1 Å². The second-order valence-electron chi connectivity index (χ2n) is 8.38. The van der Waals surface area contributed by atoms with E-state index in [9.17, 15) is 4.79 Å². The van der Waals surface area contributed by atoms with Crippen molar-refractivity contribution >= 4 is 5.91 Å². The van der Waals surface area contributed by atoms with E-state index in [0.717, 1.165) is 38.1 Å². The molecule has 1 aromatic carbocycles. The van der Waals surface area contributed by atoms with Crippen LogP contribution in [-0.2, 0) is 6.42 Å². The van der Waals surface area contributed by atoms with Gasteiger partial charge in [0.05, 0.1) is 19.8 Å². The highest BCUT2D eigenvalue weighted by atomic mass is 16.5. The van der Waals surface area contributed by atoms with E-state index >= 15 is 0 Å². The summed E-state index contributed by atoms with van der Waals surface area (Å²) in [4.78, 5) is 19.9. The predicted octanol–water partition coefficient (Wildman–Crippen LogP) is 4.24. The summed E-state index contributed by atoms with van der Waals surface area (Å²) < 4.78 is 22.8. The smallest absolute Gasteiger partial charge is 0.254 e. The van der Waals surface area contributed by atoms with Crippen LogP contribution in [0.25, 0.3) is 0 Å². The summed E-state index contributed by atoms with van der Waals surface area (Å²) in [5, 5.41) is 4.12. The molecule has 2 heterocycles. The first-order chi connectivity index (χ1) is 15.6.